The third-order valence-corrected chi connectivity index (χ3v) is 3.90. The van der Waals surface area contributed by atoms with Crippen LogP contribution in [0.25, 0.3) is 0 Å². The van der Waals surface area contributed by atoms with E-state index < -0.39 is 17.4 Å². The molecule has 0 saturated heterocycles. The summed E-state index contributed by atoms with van der Waals surface area (Å²) in [4.78, 5) is 16.2. The highest BCUT2D eigenvalue weighted by Gasteiger charge is 2.22. The van der Waals surface area contributed by atoms with E-state index in [2.05, 4.69) is 4.98 Å². The van der Waals surface area contributed by atoms with E-state index >= 15 is 0 Å². The molecule has 8 heteroatoms. The molecule has 0 atom stereocenters. The number of hydrogen-bond donors (Lipinski definition) is 0. The molecule has 0 unspecified atom stereocenters. The van der Waals surface area contributed by atoms with Crippen LogP contribution in [0, 0.1) is 5.82 Å². The van der Waals surface area contributed by atoms with Crippen LogP contribution in [0.15, 0.2) is 24.4 Å². The zero-order chi connectivity index (χ0) is 21.1. The Labute approximate surface area is 173 Å². The first-order chi connectivity index (χ1) is 13.0. The molecule has 0 N–H and O–H groups in total. The van der Waals surface area contributed by atoms with Crippen molar-refractivity contribution < 1.29 is 23.4 Å². The fraction of sp³-hybridized carbons (Fsp3) is 0.400. The van der Waals surface area contributed by atoms with Crippen molar-refractivity contribution in [3.05, 3.63) is 51.4 Å². The molecule has 0 aliphatic heterocycles. The van der Waals surface area contributed by atoms with Crippen LogP contribution in [0.5, 0.6) is 11.6 Å². The number of ether oxygens (including phenoxy) is 3. The maximum atomic E-state index is 14.4. The average molecular weight is 430 g/mol. The van der Waals surface area contributed by atoms with E-state index in [9.17, 15) is 9.18 Å². The zero-order valence-corrected chi connectivity index (χ0v) is 17.8. The molecule has 0 radical (unpaired) electrons. The molecule has 1 aromatic carbocycles. The fourth-order valence-corrected chi connectivity index (χ4v) is 2.57. The number of hydrogen-bond acceptors (Lipinski definition) is 5. The number of aromatic nitrogens is 1. The first kappa shape index (κ1) is 22.2. The second-order valence-electron chi connectivity index (χ2n) is 7.34. The number of pyridine rings is 1. The van der Waals surface area contributed by atoms with Crippen LogP contribution in [-0.2, 0) is 11.3 Å². The van der Waals surface area contributed by atoms with Gasteiger partial charge in [-0.25, -0.2) is 14.2 Å². The van der Waals surface area contributed by atoms with Crippen LogP contribution in [0.3, 0.4) is 0 Å². The molecule has 5 nitrogen and oxygen atoms in total. The Morgan fingerprint density at radius 1 is 1.18 bits per heavy atom. The van der Waals surface area contributed by atoms with Gasteiger partial charge in [-0.2, -0.15) is 0 Å². The van der Waals surface area contributed by atoms with E-state index in [4.69, 9.17) is 37.4 Å². The van der Waals surface area contributed by atoms with E-state index in [-0.39, 0.29) is 23.3 Å². The predicted octanol–water partition coefficient (Wildman–Crippen LogP) is 5.85. The Hall–Kier alpha value is -2.05. The molecule has 152 valence electrons. The van der Waals surface area contributed by atoms with Gasteiger partial charge >= 0.3 is 5.97 Å². The van der Waals surface area contributed by atoms with Crippen molar-refractivity contribution in [1.82, 2.24) is 4.98 Å². The number of rotatable bonds is 6. The van der Waals surface area contributed by atoms with Gasteiger partial charge in [0.1, 0.15) is 28.8 Å². The second kappa shape index (κ2) is 8.97. The van der Waals surface area contributed by atoms with Crippen LogP contribution in [0.2, 0.25) is 10.0 Å². The van der Waals surface area contributed by atoms with Gasteiger partial charge in [0.2, 0.25) is 5.88 Å². The van der Waals surface area contributed by atoms with E-state index in [0.717, 1.165) is 6.07 Å². The van der Waals surface area contributed by atoms with E-state index in [1.165, 1.54) is 12.3 Å². The molecule has 28 heavy (non-hydrogen) atoms. The molecule has 0 bridgehead atoms. The van der Waals surface area contributed by atoms with Gasteiger partial charge in [-0.1, -0.05) is 23.2 Å². The van der Waals surface area contributed by atoms with Crippen LogP contribution in [0.1, 0.15) is 50.5 Å². The lowest BCUT2D eigenvalue weighted by Crippen LogP contribution is -2.24. The molecule has 2 aromatic rings. The summed E-state index contributed by atoms with van der Waals surface area (Å²) in [5, 5.41) is 0.477. The van der Waals surface area contributed by atoms with Crippen molar-refractivity contribution in [3.63, 3.8) is 0 Å². The Kier molecular flexibility index (Phi) is 7.12. The van der Waals surface area contributed by atoms with Crippen molar-refractivity contribution in [2.45, 2.75) is 52.9 Å². The van der Waals surface area contributed by atoms with Gasteiger partial charge in [-0.15, -0.1) is 0 Å². The molecule has 0 amide bonds. The standard InChI is InChI=1S/C20H22Cl2FNO4/c1-11(2)27-18-16(22)7-13(9-24-18)26-10-12-6-17(23)14(8-15(12)21)19(25)28-20(3,4)5/h6-9,11H,10H2,1-5H3. The topological polar surface area (TPSA) is 57.7 Å². The summed E-state index contributed by atoms with van der Waals surface area (Å²) < 4.78 is 30.6. The highest BCUT2D eigenvalue weighted by atomic mass is 35.5. The molecule has 0 aliphatic carbocycles. The minimum absolute atomic E-state index is 0.0350. The summed E-state index contributed by atoms with van der Waals surface area (Å²) in [6, 6.07) is 3.92. The fourth-order valence-electron chi connectivity index (χ4n) is 2.15. The highest BCUT2D eigenvalue weighted by Crippen LogP contribution is 2.28. The summed E-state index contributed by atoms with van der Waals surface area (Å²) in [6.45, 7) is 8.78. The third kappa shape index (κ3) is 6.24. The first-order valence-electron chi connectivity index (χ1n) is 8.62. The summed E-state index contributed by atoms with van der Waals surface area (Å²) in [5.41, 5.74) is -0.608. The van der Waals surface area contributed by atoms with Gasteiger partial charge in [0.05, 0.1) is 17.9 Å². The highest BCUT2D eigenvalue weighted by molar-refractivity contribution is 6.32. The average Bonchev–Trinajstić information content (AvgIpc) is 2.55. The number of carbonyl (C=O) groups excluding carboxylic acids is 1. The Morgan fingerprint density at radius 3 is 2.43 bits per heavy atom. The quantitative estimate of drug-likeness (QED) is 0.539. The smallest absolute Gasteiger partial charge is 0.341 e. The molecule has 0 spiro atoms. The molecular weight excluding hydrogens is 408 g/mol. The molecule has 0 fully saturated rings. The largest absolute Gasteiger partial charge is 0.487 e. The third-order valence-electron chi connectivity index (χ3n) is 3.28. The van der Waals surface area contributed by atoms with E-state index in [1.807, 2.05) is 13.8 Å². The molecule has 1 aromatic heterocycles. The lowest BCUT2D eigenvalue weighted by atomic mass is 10.1. The lowest BCUT2D eigenvalue weighted by Gasteiger charge is -2.20. The SMILES string of the molecule is CC(C)Oc1ncc(OCc2cc(F)c(C(=O)OC(C)(C)C)cc2Cl)cc1Cl. The van der Waals surface area contributed by atoms with Crippen LogP contribution >= 0.6 is 23.2 Å². The summed E-state index contributed by atoms with van der Waals surface area (Å²) >= 11 is 12.3. The molecule has 0 saturated carbocycles. The normalized spacial score (nSPS) is 11.5. The maximum absolute atomic E-state index is 14.4. The number of nitrogens with zero attached hydrogens (tertiary/aromatic N) is 1. The number of halogens is 3. The molecular formula is C20H22Cl2FNO4. The minimum atomic E-state index is -0.781. The van der Waals surface area contributed by atoms with E-state index in [0.29, 0.717) is 22.2 Å². The Bertz CT molecular complexity index is 866. The number of esters is 1. The van der Waals surface area contributed by atoms with Gasteiger partial charge in [0.25, 0.3) is 0 Å². The lowest BCUT2D eigenvalue weighted by molar-refractivity contribution is 0.00646. The van der Waals surface area contributed by atoms with E-state index in [1.54, 1.807) is 26.8 Å². The minimum Gasteiger partial charge on any atom is -0.487 e. The van der Waals surface area contributed by atoms with Crippen LogP contribution in [-0.4, -0.2) is 22.7 Å². The summed E-state index contributed by atoms with van der Waals surface area (Å²) in [7, 11) is 0. The Morgan fingerprint density at radius 2 is 1.86 bits per heavy atom. The van der Waals surface area contributed by atoms with Crippen molar-refractivity contribution in [3.8, 4) is 11.6 Å². The van der Waals surface area contributed by atoms with Crippen molar-refractivity contribution in [1.29, 1.82) is 0 Å². The van der Waals surface area contributed by atoms with Gasteiger partial charge in [-0.05, 0) is 46.8 Å². The number of benzene rings is 1. The van der Waals surface area contributed by atoms with Crippen molar-refractivity contribution >= 4 is 29.2 Å². The van der Waals surface area contributed by atoms with Crippen LogP contribution < -0.4 is 9.47 Å². The van der Waals surface area contributed by atoms with Gasteiger partial charge in [-0.3, -0.25) is 0 Å². The summed E-state index contributed by atoms with van der Waals surface area (Å²) in [5.74, 6) is -0.853. The summed E-state index contributed by atoms with van der Waals surface area (Å²) in [6.07, 6.45) is 1.38. The van der Waals surface area contributed by atoms with Crippen molar-refractivity contribution in [2.75, 3.05) is 0 Å². The van der Waals surface area contributed by atoms with Crippen LogP contribution in [0.4, 0.5) is 4.39 Å². The second-order valence-corrected chi connectivity index (χ2v) is 8.15. The molecule has 0 aliphatic rings. The predicted molar refractivity (Wildman–Crippen MR) is 106 cm³/mol. The Balaban J connectivity index is 2.12. The first-order valence-corrected chi connectivity index (χ1v) is 9.38. The van der Waals surface area contributed by atoms with Crippen molar-refractivity contribution in [2.24, 2.45) is 0 Å². The molecule has 2 rings (SSSR count). The van der Waals surface area contributed by atoms with Gasteiger partial charge in [0.15, 0.2) is 0 Å². The zero-order valence-electron chi connectivity index (χ0n) is 16.3. The van der Waals surface area contributed by atoms with Gasteiger partial charge in [0, 0.05) is 16.7 Å². The van der Waals surface area contributed by atoms with Gasteiger partial charge < -0.3 is 14.2 Å². The monoisotopic (exact) mass is 429 g/mol. The number of carbonyl (C=O) groups is 1. The maximum Gasteiger partial charge on any atom is 0.341 e. The molecule has 1 heterocycles.